The Balaban J connectivity index is 2.00. The molecule has 0 bridgehead atoms. The molecule has 19 heavy (non-hydrogen) atoms. The van der Waals surface area contributed by atoms with Crippen molar-refractivity contribution >= 4 is 17.2 Å². The number of hydrogen-bond acceptors (Lipinski definition) is 2. The van der Waals surface area contributed by atoms with Gasteiger partial charge >= 0.3 is 0 Å². The van der Waals surface area contributed by atoms with Crippen LogP contribution in [0.2, 0.25) is 0 Å². The minimum atomic E-state index is -0.332. The van der Waals surface area contributed by atoms with Gasteiger partial charge in [-0.1, -0.05) is 31.6 Å². The molecule has 1 aliphatic heterocycles. The van der Waals surface area contributed by atoms with Crippen molar-refractivity contribution in [1.82, 2.24) is 4.90 Å². The highest BCUT2D eigenvalue weighted by Crippen LogP contribution is 2.22. The molecule has 4 heteroatoms. The summed E-state index contributed by atoms with van der Waals surface area (Å²) in [5.74, 6) is 0.539. The molecule has 0 spiro atoms. The number of benzene rings is 1. The van der Waals surface area contributed by atoms with Crippen LogP contribution < -0.4 is 5.73 Å². The first-order valence-electron chi connectivity index (χ1n) is 6.90. The summed E-state index contributed by atoms with van der Waals surface area (Å²) in [6, 6.07) is 5.06. The normalized spacial score (nSPS) is 17.6. The van der Waals surface area contributed by atoms with Gasteiger partial charge < -0.3 is 5.73 Å². The maximum Gasteiger partial charge on any atom is 0.133 e. The zero-order valence-electron chi connectivity index (χ0n) is 11.4. The maximum atomic E-state index is 13.5. The fourth-order valence-electron chi connectivity index (χ4n) is 2.67. The monoisotopic (exact) mass is 280 g/mol. The molecule has 1 saturated heterocycles. The van der Waals surface area contributed by atoms with Gasteiger partial charge in [0.15, 0.2) is 0 Å². The number of nitrogens with zero attached hydrogens (tertiary/aromatic N) is 1. The molecule has 2 rings (SSSR count). The number of halogens is 1. The van der Waals surface area contributed by atoms with Gasteiger partial charge in [-0.3, -0.25) is 4.90 Å². The van der Waals surface area contributed by atoms with Gasteiger partial charge in [0, 0.05) is 12.1 Å². The van der Waals surface area contributed by atoms with Crippen LogP contribution in [-0.2, 0) is 6.54 Å². The fraction of sp³-hybridized carbons (Fsp3) is 0.533. The molecule has 2 N–H and O–H groups in total. The molecule has 0 aliphatic carbocycles. The number of rotatable bonds is 4. The van der Waals surface area contributed by atoms with Gasteiger partial charge in [-0.25, -0.2) is 4.39 Å². The molecule has 0 aromatic heterocycles. The lowest BCUT2D eigenvalue weighted by molar-refractivity contribution is 0.175. The molecule has 0 unspecified atom stereocenters. The summed E-state index contributed by atoms with van der Waals surface area (Å²) in [7, 11) is 0. The Hall–Kier alpha value is -1.00. The van der Waals surface area contributed by atoms with Gasteiger partial charge in [-0.05, 0) is 49.5 Å². The van der Waals surface area contributed by atoms with Crippen molar-refractivity contribution < 1.29 is 4.39 Å². The first-order valence-corrected chi connectivity index (χ1v) is 7.31. The predicted octanol–water partition coefficient (Wildman–Crippen LogP) is 3.08. The molecule has 1 fully saturated rings. The van der Waals surface area contributed by atoms with E-state index in [1.54, 1.807) is 6.07 Å². The van der Waals surface area contributed by atoms with Crippen molar-refractivity contribution in [1.29, 1.82) is 0 Å². The summed E-state index contributed by atoms with van der Waals surface area (Å²) in [5, 5.41) is 0. The molecule has 1 aromatic rings. The van der Waals surface area contributed by atoms with Crippen LogP contribution >= 0.6 is 12.2 Å². The summed E-state index contributed by atoms with van der Waals surface area (Å²) in [5.41, 5.74) is 6.97. The Bertz CT molecular complexity index is 453. The van der Waals surface area contributed by atoms with Crippen LogP contribution in [0.5, 0.6) is 0 Å². The third-order valence-corrected chi connectivity index (χ3v) is 4.21. The standard InChI is InChI=1S/C15H21FN2S/c1-2-11-5-7-18(8-6-11)10-12-3-4-14(16)13(9-12)15(17)19/h3-4,9,11H,2,5-8,10H2,1H3,(H2,17,19). The Labute approximate surface area is 119 Å². The number of piperidine rings is 1. The number of hydrogen-bond donors (Lipinski definition) is 1. The quantitative estimate of drug-likeness (QED) is 0.859. The number of thiocarbonyl (C=S) groups is 1. The zero-order valence-corrected chi connectivity index (χ0v) is 12.2. The van der Waals surface area contributed by atoms with E-state index in [0.717, 1.165) is 31.1 Å². The molecule has 0 radical (unpaired) electrons. The second-order valence-corrected chi connectivity index (χ2v) is 5.75. The molecule has 104 valence electrons. The van der Waals surface area contributed by atoms with Crippen LogP contribution in [0, 0.1) is 11.7 Å². The van der Waals surface area contributed by atoms with Crippen LogP contribution in [0.4, 0.5) is 4.39 Å². The highest BCUT2D eigenvalue weighted by atomic mass is 32.1. The van der Waals surface area contributed by atoms with Crippen molar-refractivity contribution in [2.45, 2.75) is 32.7 Å². The summed E-state index contributed by atoms with van der Waals surface area (Å²) in [4.78, 5) is 2.55. The van der Waals surface area contributed by atoms with Gasteiger partial charge in [0.2, 0.25) is 0 Å². The Morgan fingerprint density at radius 3 is 2.68 bits per heavy atom. The van der Waals surface area contributed by atoms with Gasteiger partial charge in [0.05, 0.1) is 0 Å². The van der Waals surface area contributed by atoms with Gasteiger partial charge in [-0.15, -0.1) is 0 Å². The zero-order chi connectivity index (χ0) is 13.8. The molecular weight excluding hydrogens is 259 g/mol. The predicted molar refractivity (Wildman–Crippen MR) is 80.6 cm³/mol. The van der Waals surface area contributed by atoms with Crippen molar-refractivity contribution in [3.63, 3.8) is 0 Å². The van der Waals surface area contributed by atoms with Gasteiger partial charge in [-0.2, -0.15) is 0 Å². The fourth-order valence-corrected chi connectivity index (χ4v) is 2.83. The number of likely N-dealkylation sites (tertiary alicyclic amines) is 1. The summed E-state index contributed by atoms with van der Waals surface area (Å²) >= 11 is 4.87. The molecule has 0 saturated carbocycles. The van der Waals surface area contributed by atoms with Crippen LogP contribution in [0.1, 0.15) is 37.3 Å². The summed E-state index contributed by atoms with van der Waals surface area (Å²) in [6.07, 6.45) is 3.80. The average molecular weight is 280 g/mol. The Morgan fingerprint density at radius 1 is 1.42 bits per heavy atom. The third-order valence-electron chi connectivity index (χ3n) is 3.99. The van der Waals surface area contributed by atoms with Crippen LogP contribution in [-0.4, -0.2) is 23.0 Å². The highest BCUT2D eigenvalue weighted by Gasteiger charge is 2.18. The second-order valence-electron chi connectivity index (χ2n) is 5.31. The molecule has 1 heterocycles. The lowest BCUT2D eigenvalue weighted by atomic mass is 9.94. The van der Waals surface area contributed by atoms with Crippen molar-refractivity contribution in [3.05, 3.63) is 35.1 Å². The molecular formula is C15H21FN2S. The minimum absolute atomic E-state index is 0.129. The van der Waals surface area contributed by atoms with E-state index < -0.39 is 0 Å². The molecule has 1 aromatic carbocycles. The summed E-state index contributed by atoms with van der Waals surface area (Å²) in [6.45, 7) is 5.36. The first kappa shape index (κ1) is 14.4. The second kappa shape index (κ2) is 6.44. The molecule has 1 aliphatic rings. The van der Waals surface area contributed by atoms with Gasteiger partial charge in [0.25, 0.3) is 0 Å². The topological polar surface area (TPSA) is 29.3 Å². The molecule has 0 amide bonds. The Morgan fingerprint density at radius 2 is 2.11 bits per heavy atom. The largest absolute Gasteiger partial charge is 0.389 e. The Kier molecular flexibility index (Phi) is 4.88. The van der Waals surface area contributed by atoms with E-state index in [-0.39, 0.29) is 10.8 Å². The van der Waals surface area contributed by atoms with E-state index in [9.17, 15) is 4.39 Å². The smallest absolute Gasteiger partial charge is 0.133 e. The first-order chi connectivity index (χ1) is 9.10. The lowest BCUT2D eigenvalue weighted by Crippen LogP contribution is -2.33. The van der Waals surface area contributed by atoms with Crippen LogP contribution in [0.15, 0.2) is 18.2 Å². The van der Waals surface area contributed by atoms with E-state index in [1.165, 1.54) is 25.3 Å². The van der Waals surface area contributed by atoms with Crippen LogP contribution in [0.25, 0.3) is 0 Å². The van der Waals surface area contributed by atoms with E-state index in [4.69, 9.17) is 18.0 Å². The van der Waals surface area contributed by atoms with Crippen molar-refractivity contribution in [2.24, 2.45) is 11.7 Å². The van der Waals surface area contributed by atoms with E-state index in [2.05, 4.69) is 11.8 Å². The minimum Gasteiger partial charge on any atom is -0.389 e. The highest BCUT2D eigenvalue weighted by molar-refractivity contribution is 7.80. The number of nitrogens with two attached hydrogens (primary N) is 1. The molecule has 0 atom stereocenters. The van der Waals surface area contributed by atoms with Crippen molar-refractivity contribution in [3.8, 4) is 0 Å². The third kappa shape index (κ3) is 3.74. The van der Waals surface area contributed by atoms with E-state index >= 15 is 0 Å². The molecule has 2 nitrogen and oxygen atoms in total. The maximum absolute atomic E-state index is 13.5. The van der Waals surface area contributed by atoms with Crippen LogP contribution in [0.3, 0.4) is 0 Å². The van der Waals surface area contributed by atoms with E-state index in [1.807, 2.05) is 6.07 Å². The van der Waals surface area contributed by atoms with Crippen molar-refractivity contribution in [2.75, 3.05) is 13.1 Å². The van der Waals surface area contributed by atoms with E-state index in [0.29, 0.717) is 5.56 Å². The summed E-state index contributed by atoms with van der Waals surface area (Å²) < 4.78 is 13.5. The lowest BCUT2D eigenvalue weighted by Gasteiger charge is -2.31. The SMILES string of the molecule is CCC1CCN(Cc2ccc(F)c(C(N)=S)c2)CC1. The average Bonchev–Trinajstić information content (AvgIpc) is 2.41. The van der Waals surface area contributed by atoms with Gasteiger partial charge in [0.1, 0.15) is 10.8 Å².